The minimum atomic E-state index is 0.272. The molecule has 4 nitrogen and oxygen atoms in total. The Balaban J connectivity index is 1.94. The van der Waals surface area contributed by atoms with E-state index >= 15 is 0 Å². The van der Waals surface area contributed by atoms with Gasteiger partial charge in [0.2, 0.25) is 5.95 Å². The van der Waals surface area contributed by atoms with Crippen LogP contribution in [-0.2, 0) is 0 Å². The van der Waals surface area contributed by atoms with E-state index in [9.17, 15) is 0 Å². The van der Waals surface area contributed by atoms with Crippen LogP contribution in [-0.4, -0.2) is 34.3 Å². The van der Waals surface area contributed by atoms with E-state index in [-0.39, 0.29) is 6.61 Å². The molecule has 0 saturated heterocycles. The van der Waals surface area contributed by atoms with Gasteiger partial charge in [-0.05, 0) is 31.7 Å². The summed E-state index contributed by atoms with van der Waals surface area (Å²) in [5, 5.41) is 8.75. The Morgan fingerprint density at radius 3 is 2.60 bits per heavy atom. The number of aliphatic hydroxyl groups excluding tert-OH is 1. The zero-order valence-electron chi connectivity index (χ0n) is 8.84. The summed E-state index contributed by atoms with van der Waals surface area (Å²) in [5.74, 6) is 0.831. The van der Waals surface area contributed by atoms with Gasteiger partial charge in [0.15, 0.2) is 0 Å². The van der Waals surface area contributed by atoms with Crippen molar-refractivity contribution in [1.82, 2.24) is 9.97 Å². The van der Waals surface area contributed by atoms with Gasteiger partial charge in [0.1, 0.15) is 0 Å². The van der Waals surface area contributed by atoms with Crippen molar-refractivity contribution in [3.63, 3.8) is 0 Å². The Kier molecular flexibility index (Phi) is 3.50. The molecular formula is C11H17N3O. The van der Waals surface area contributed by atoms with Crippen LogP contribution in [0.25, 0.3) is 0 Å². The van der Waals surface area contributed by atoms with Gasteiger partial charge < -0.3 is 10.0 Å². The first-order valence-corrected chi connectivity index (χ1v) is 5.56. The molecule has 0 spiro atoms. The van der Waals surface area contributed by atoms with E-state index in [1.165, 1.54) is 12.8 Å². The number of anilines is 1. The molecule has 1 aliphatic carbocycles. The fraction of sp³-hybridized carbons (Fsp3) is 0.636. The lowest BCUT2D eigenvalue weighted by molar-refractivity contribution is 0.285. The van der Waals surface area contributed by atoms with Crippen LogP contribution in [0.4, 0.5) is 5.95 Å². The minimum Gasteiger partial charge on any atom is -0.396 e. The summed E-state index contributed by atoms with van der Waals surface area (Å²) in [5.41, 5.74) is 0. The van der Waals surface area contributed by atoms with E-state index in [1.807, 2.05) is 6.07 Å². The Hall–Kier alpha value is -1.16. The molecule has 1 aromatic heterocycles. The quantitative estimate of drug-likeness (QED) is 0.712. The lowest BCUT2D eigenvalue weighted by atomic mass is 10.3. The monoisotopic (exact) mass is 207 g/mol. The molecule has 0 unspecified atom stereocenters. The number of nitrogens with zero attached hydrogens (tertiary/aromatic N) is 3. The van der Waals surface area contributed by atoms with Crippen molar-refractivity contribution in [2.24, 2.45) is 0 Å². The fourth-order valence-electron chi connectivity index (χ4n) is 1.67. The summed E-state index contributed by atoms with van der Waals surface area (Å²) in [4.78, 5) is 10.8. The van der Waals surface area contributed by atoms with Gasteiger partial charge in [-0.15, -0.1) is 0 Å². The predicted octanol–water partition coefficient (Wildman–Crippen LogP) is 1.22. The van der Waals surface area contributed by atoms with Crippen LogP contribution >= 0.6 is 0 Å². The molecule has 82 valence electrons. The first-order valence-electron chi connectivity index (χ1n) is 5.56. The molecule has 1 heterocycles. The summed E-state index contributed by atoms with van der Waals surface area (Å²) >= 11 is 0. The van der Waals surface area contributed by atoms with Crippen LogP contribution in [0.3, 0.4) is 0 Å². The molecule has 0 amide bonds. The second kappa shape index (κ2) is 5.07. The molecule has 0 bridgehead atoms. The zero-order valence-corrected chi connectivity index (χ0v) is 8.84. The molecule has 15 heavy (non-hydrogen) atoms. The van der Waals surface area contributed by atoms with Gasteiger partial charge in [-0.25, -0.2) is 9.97 Å². The Morgan fingerprint density at radius 2 is 2.00 bits per heavy atom. The van der Waals surface area contributed by atoms with Gasteiger partial charge >= 0.3 is 0 Å². The van der Waals surface area contributed by atoms with Crippen LogP contribution in [0.2, 0.25) is 0 Å². The van der Waals surface area contributed by atoms with Crippen LogP contribution in [0.5, 0.6) is 0 Å². The van der Waals surface area contributed by atoms with Crippen molar-refractivity contribution in [3.8, 4) is 0 Å². The van der Waals surface area contributed by atoms with E-state index in [4.69, 9.17) is 5.11 Å². The first-order chi connectivity index (χ1) is 7.42. The molecule has 0 atom stereocenters. The molecule has 1 aromatic rings. The zero-order chi connectivity index (χ0) is 10.5. The first kappa shape index (κ1) is 10.4. The standard InChI is InChI=1S/C11H17N3O/c15-9-2-1-8-14(10-4-5-10)11-12-6-3-7-13-11/h3,6-7,10,15H,1-2,4-5,8-9H2. The third-order valence-electron chi connectivity index (χ3n) is 2.60. The molecule has 1 N–H and O–H groups in total. The van der Waals surface area contributed by atoms with Crippen molar-refractivity contribution in [1.29, 1.82) is 0 Å². The molecule has 4 heteroatoms. The highest BCUT2D eigenvalue weighted by Gasteiger charge is 2.30. The van der Waals surface area contributed by atoms with E-state index < -0.39 is 0 Å². The second-order valence-corrected chi connectivity index (χ2v) is 3.90. The van der Waals surface area contributed by atoms with Gasteiger partial charge in [0, 0.05) is 31.6 Å². The van der Waals surface area contributed by atoms with E-state index in [0.717, 1.165) is 25.3 Å². The molecule has 0 aliphatic heterocycles. The third kappa shape index (κ3) is 2.89. The summed E-state index contributed by atoms with van der Waals surface area (Å²) < 4.78 is 0. The second-order valence-electron chi connectivity index (χ2n) is 3.90. The van der Waals surface area contributed by atoms with Gasteiger partial charge in [0.05, 0.1) is 0 Å². The highest BCUT2D eigenvalue weighted by atomic mass is 16.2. The van der Waals surface area contributed by atoms with Crippen molar-refractivity contribution < 1.29 is 5.11 Å². The van der Waals surface area contributed by atoms with Crippen LogP contribution in [0.15, 0.2) is 18.5 Å². The Labute approximate surface area is 90.0 Å². The van der Waals surface area contributed by atoms with Gasteiger partial charge in [-0.2, -0.15) is 0 Å². The summed E-state index contributed by atoms with van der Waals surface area (Å²) in [6.07, 6.45) is 7.92. The Bertz CT molecular complexity index is 287. The van der Waals surface area contributed by atoms with Crippen molar-refractivity contribution >= 4 is 5.95 Å². The smallest absolute Gasteiger partial charge is 0.225 e. The van der Waals surface area contributed by atoms with E-state index in [2.05, 4.69) is 14.9 Å². The summed E-state index contributed by atoms with van der Waals surface area (Å²) in [7, 11) is 0. The highest BCUT2D eigenvalue weighted by molar-refractivity contribution is 5.32. The Morgan fingerprint density at radius 1 is 1.27 bits per heavy atom. The SMILES string of the molecule is OCCCCN(c1ncccn1)C1CC1. The number of hydrogen-bond donors (Lipinski definition) is 1. The maximum Gasteiger partial charge on any atom is 0.225 e. The number of rotatable bonds is 6. The third-order valence-corrected chi connectivity index (χ3v) is 2.60. The van der Waals surface area contributed by atoms with Gasteiger partial charge in [-0.1, -0.05) is 0 Å². The van der Waals surface area contributed by atoms with E-state index in [0.29, 0.717) is 6.04 Å². The number of unbranched alkanes of at least 4 members (excludes halogenated alkanes) is 1. The molecule has 0 aromatic carbocycles. The van der Waals surface area contributed by atoms with Crippen molar-refractivity contribution in [2.45, 2.75) is 31.7 Å². The predicted molar refractivity (Wildman–Crippen MR) is 58.7 cm³/mol. The van der Waals surface area contributed by atoms with Crippen molar-refractivity contribution in [2.75, 3.05) is 18.1 Å². The van der Waals surface area contributed by atoms with Gasteiger partial charge in [0.25, 0.3) is 0 Å². The molecule has 2 rings (SSSR count). The minimum absolute atomic E-state index is 0.272. The number of aliphatic hydroxyl groups is 1. The summed E-state index contributed by atoms with van der Waals surface area (Å²) in [6, 6.07) is 2.47. The molecule has 0 radical (unpaired) electrons. The largest absolute Gasteiger partial charge is 0.396 e. The highest BCUT2D eigenvalue weighted by Crippen LogP contribution is 2.29. The lowest BCUT2D eigenvalue weighted by Crippen LogP contribution is -2.28. The van der Waals surface area contributed by atoms with Crippen LogP contribution in [0.1, 0.15) is 25.7 Å². The van der Waals surface area contributed by atoms with E-state index in [1.54, 1.807) is 12.4 Å². The normalized spacial score (nSPS) is 15.3. The van der Waals surface area contributed by atoms with Gasteiger partial charge in [-0.3, -0.25) is 0 Å². The molecule has 1 saturated carbocycles. The average Bonchev–Trinajstić information content (AvgIpc) is 3.10. The fourth-order valence-corrected chi connectivity index (χ4v) is 1.67. The lowest BCUT2D eigenvalue weighted by Gasteiger charge is -2.21. The number of aromatic nitrogens is 2. The number of hydrogen-bond acceptors (Lipinski definition) is 4. The molecular weight excluding hydrogens is 190 g/mol. The maximum absolute atomic E-state index is 8.75. The summed E-state index contributed by atoms with van der Waals surface area (Å²) in [6.45, 7) is 1.23. The molecule has 1 fully saturated rings. The average molecular weight is 207 g/mol. The van der Waals surface area contributed by atoms with Crippen LogP contribution < -0.4 is 4.90 Å². The van der Waals surface area contributed by atoms with Crippen LogP contribution in [0, 0.1) is 0 Å². The van der Waals surface area contributed by atoms with Crippen molar-refractivity contribution in [3.05, 3.63) is 18.5 Å². The maximum atomic E-state index is 8.75. The topological polar surface area (TPSA) is 49.2 Å². The molecule has 1 aliphatic rings.